The molecule has 0 aliphatic carbocycles. The third-order valence-corrected chi connectivity index (χ3v) is 10.6. The second kappa shape index (κ2) is 18.0. The molecule has 0 unspecified atom stereocenters. The van der Waals surface area contributed by atoms with Gasteiger partial charge < -0.3 is 0 Å². The molecule has 0 spiro atoms. The molecule has 0 atom stereocenters. The highest BCUT2D eigenvalue weighted by Gasteiger charge is 2.31. The Bertz CT molecular complexity index is 2730. The van der Waals surface area contributed by atoms with E-state index < -0.39 is 23.5 Å². The second-order valence-electron chi connectivity index (χ2n) is 14.8. The van der Waals surface area contributed by atoms with Crippen LogP contribution in [0.25, 0.3) is 58.4 Å². The zero-order chi connectivity index (χ0) is 43.1. The standard InChI is InChI=1S/C56H38F6/c57-55(58,59)51-31-27-43(28-32-51)53(41-15-3-1-4-16-41)37-47-21-9-7-13-39(47)23-25-49-35-45-19-11-12-20-46(45)36-50(49)26-24-40-14-8-10-22-48(40)38-54(42-17-5-2-6-18-42)44-29-33-52(34-30-44)56(60,61)62/h1-38H. The Kier molecular flexibility index (Phi) is 12.0. The van der Waals surface area contributed by atoms with E-state index in [-0.39, 0.29) is 0 Å². The predicted molar refractivity (Wildman–Crippen MR) is 244 cm³/mol. The van der Waals surface area contributed by atoms with Crippen molar-refractivity contribution in [3.8, 4) is 0 Å². The van der Waals surface area contributed by atoms with Crippen LogP contribution in [0.3, 0.4) is 0 Å². The molecule has 8 rings (SSSR count). The summed E-state index contributed by atoms with van der Waals surface area (Å²) >= 11 is 0. The maximum absolute atomic E-state index is 13.5. The minimum atomic E-state index is -4.44. The van der Waals surface area contributed by atoms with E-state index in [1.165, 1.54) is 24.3 Å². The van der Waals surface area contributed by atoms with E-state index in [9.17, 15) is 26.3 Å². The van der Waals surface area contributed by atoms with Crippen LogP contribution in [0.4, 0.5) is 26.3 Å². The fourth-order valence-corrected chi connectivity index (χ4v) is 7.40. The predicted octanol–water partition coefficient (Wildman–Crippen LogP) is 16.4. The molecular formula is C56H38F6. The van der Waals surface area contributed by atoms with Crippen molar-refractivity contribution in [1.82, 2.24) is 0 Å². The van der Waals surface area contributed by atoms with Gasteiger partial charge in [0.2, 0.25) is 0 Å². The molecule has 8 aromatic rings. The van der Waals surface area contributed by atoms with E-state index in [1.54, 1.807) is 0 Å². The fourth-order valence-electron chi connectivity index (χ4n) is 7.40. The summed E-state index contributed by atoms with van der Waals surface area (Å²) in [5, 5.41) is 2.14. The van der Waals surface area contributed by atoms with E-state index in [1.807, 2.05) is 133 Å². The van der Waals surface area contributed by atoms with Gasteiger partial charge in [-0.05, 0) is 126 Å². The van der Waals surface area contributed by atoms with Crippen LogP contribution < -0.4 is 0 Å². The molecule has 0 heterocycles. The Hall–Kier alpha value is -7.44. The van der Waals surface area contributed by atoms with Gasteiger partial charge in [-0.2, -0.15) is 26.3 Å². The molecule has 0 amide bonds. The molecule has 0 nitrogen and oxygen atoms in total. The Balaban J connectivity index is 1.18. The maximum atomic E-state index is 13.5. The maximum Gasteiger partial charge on any atom is 0.416 e. The monoisotopic (exact) mass is 824 g/mol. The highest BCUT2D eigenvalue weighted by Crippen LogP contribution is 2.35. The number of halogens is 6. The summed E-state index contributed by atoms with van der Waals surface area (Å²) in [5.74, 6) is 0. The Morgan fingerprint density at radius 1 is 0.290 bits per heavy atom. The van der Waals surface area contributed by atoms with E-state index >= 15 is 0 Å². The van der Waals surface area contributed by atoms with Gasteiger partial charge in [-0.3, -0.25) is 0 Å². The number of fused-ring (bicyclic) bond motifs is 1. The van der Waals surface area contributed by atoms with Gasteiger partial charge in [0.1, 0.15) is 0 Å². The number of hydrogen-bond donors (Lipinski definition) is 0. The molecule has 0 bridgehead atoms. The summed E-state index contributed by atoms with van der Waals surface area (Å²) < 4.78 is 80.9. The topological polar surface area (TPSA) is 0 Å². The van der Waals surface area contributed by atoms with Crippen LogP contribution >= 0.6 is 0 Å². The molecule has 62 heavy (non-hydrogen) atoms. The summed E-state index contributed by atoms with van der Waals surface area (Å²) in [5.41, 5.74) is 8.80. The van der Waals surface area contributed by atoms with E-state index in [0.29, 0.717) is 11.1 Å². The Morgan fingerprint density at radius 2 is 0.581 bits per heavy atom. The molecule has 0 radical (unpaired) electrons. The van der Waals surface area contributed by atoms with Crippen molar-refractivity contribution < 1.29 is 26.3 Å². The third kappa shape index (κ3) is 9.77. The summed E-state index contributed by atoms with van der Waals surface area (Å²) in [6, 6.07) is 58.0. The lowest BCUT2D eigenvalue weighted by molar-refractivity contribution is -0.138. The first-order valence-corrected chi connectivity index (χ1v) is 20.0. The summed E-state index contributed by atoms with van der Waals surface area (Å²) in [4.78, 5) is 0. The SMILES string of the molecule is FC(F)(F)c1ccc(C(=Cc2ccccc2C=Cc2cc3ccccc3cc2C=Cc2ccccc2C=C(c2ccccc2)c2ccc(C(F)(F)F)cc2)c2ccccc2)cc1. The largest absolute Gasteiger partial charge is 0.416 e. The van der Waals surface area contributed by atoms with Gasteiger partial charge in [-0.15, -0.1) is 0 Å². The number of hydrogen-bond acceptors (Lipinski definition) is 0. The summed E-state index contributed by atoms with van der Waals surface area (Å²) in [6.45, 7) is 0. The van der Waals surface area contributed by atoms with Crippen molar-refractivity contribution >= 4 is 58.4 Å². The smallest absolute Gasteiger partial charge is 0.166 e. The molecule has 0 saturated carbocycles. The lowest BCUT2D eigenvalue weighted by Gasteiger charge is -2.13. The molecule has 0 aromatic heterocycles. The van der Waals surface area contributed by atoms with Crippen molar-refractivity contribution in [2.75, 3.05) is 0 Å². The van der Waals surface area contributed by atoms with Crippen LogP contribution in [0.1, 0.15) is 66.8 Å². The number of benzene rings is 8. The van der Waals surface area contributed by atoms with Crippen molar-refractivity contribution in [3.63, 3.8) is 0 Å². The lowest BCUT2D eigenvalue weighted by Crippen LogP contribution is -2.04. The summed E-state index contributed by atoms with van der Waals surface area (Å²) in [6.07, 6.45) is 3.40. The van der Waals surface area contributed by atoms with Gasteiger partial charge >= 0.3 is 12.4 Å². The van der Waals surface area contributed by atoms with E-state index in [2.05, 4.69) is 48.6 Å². The Labute approximate surface area is 356 Å². The number of alkyl halides is 6. The van der Waals surface area contributed by atoms with Crippen LogP contribution in [-0.4, -0.2) is 0 Å². The van der Waals surface area contributed by atoms with Crippen molar-refractivity contribution in [3.05, 3.63) is 261 Å². The van der Waals surface area contributed by atoms with Gasteiger partial charge in [0.25, 0.3) is 0 Å². The minimum Gasteiger partial charge on any atom is -0.166 e. The minimum absolute atomic E-state index is 0.662. The first-order chi connectivity index (χ1) is 30.0. The zero-order valence-corrected chi connectivity index (χ0v) is 33.2. The first-order valence-electron chi connectivity index (χ1n) is 20.0. The van der Waals surface area contributed by atoms with Gasteiger partial charge in [0, 0.05) is 0 Å². The molecule has 0 N–H and O–H groups in total. The highest BCUT2D eigenvalue weighted by molar-refractivity contribution is 5.96. The second-order valence-corrected chi connectivity index (χ2v) is 14.8. The van der Waals surface area contributed by atoms with Crippen molar-refractivity contribution in [2.45, 2.75) is 12.4 Å². The molecule has 0 aliphatic heterocycles. The molecule has 0 fully saturated rings. The van der Waals surface area contributed by atoms with Crippen LogP contribution in [-0.2, 0) is 12.4 Å². The highest BCUT2D eigenvalue weighted by atomic mass is 19.4. The lowest BCUT2D eigenvalue weighted by atomic mass is 9.93. The van der Waals surface area contributed by atoms with Gasteiger partial charge in [-0.25, -0.2) is 0 Å². The third-order valence-electron chi connectivity index (χ3n) is 10.6. The van der Waals surface area contributed by atoms with Gasteiger partial charge in [-0.1, -0.05) is 182 Å². The van der Waals surface area contributed by atoms with Crippen molar-refractivity contribution in [1.29, 1.82) is 0 Å². The van der Waals surface area contributed by atoms with Gasteiger partial charge in [0.15, 0.2) is 0 Å². The van der Waals surface area contributed by atoms with Crippen LogP contribution in [0, 0.1) is 0 Å². The molecule has 0 saturated heterocycles. The molecule has 0 aliphatic rings. The van der Waals surface area contributed by atoms with Crippen LogP contribution in [0.2, 0.25) is 0 Å². The quantitative estimate of drug-likeness (QED) is 0.0952. The fraction of sp³-hybridized carbons (Fsp3) is 0.0357. The average Bonchev–Trinajstić information content (AvgIpc) is 3.29. The molecule has 304 valence electrons. The number of rotatable bonds is 10. The Morgan fingerprint density at radius 3 is 0.935 bits per heavy atom. The normalized spacial score (nSPS) is 12.7. The van der Waals surface area contributed by atoms with E-state index in [4.69, 9.17) is 0 Å². The zero-order valence-electron chi connectivity index (χ0n) is 33.2. The molecular weight excluding hydrogens is 787 g/mol. The van der Waals surface area contributed by atoms with E-state index in [0.717, 1.165) is 90.7 Å². The molecule has 6 heteroatoms. The van der Waals surface area contributed by atoms with Crippen LogP contribution in [0.5, 0.6) is 0 Å². The summed E-state index contributed by atoms with van der Waals surface area (Å²) in [7, 11) is 0. The van der Waals surface area contributed by atoms with Crippen LogP contribution in [0.15, 0.2) is 194 Å². The average molecular weight is 825 g/mol. The first kappa shape index (κ1) is 41.3. The van der Waals surface area contributed by atoms with Gasteiger partial charge in [0.05, 0.1) is 11.1 Å². The van der Waals surface area contributed by atoms with Crippen molar-refractivity contribution in [2.24, 2.45) is 0 Å². The molecule has 8 aromatic carbocycles.